The van der Waals surface area contributed by atoms with Gasteiger partial charge in [0.15, 0.2) is 0 Å². The third-order valence-electron chi connectivity index (χ3n) is 2.59. The maximum absolute atomic E-state index is 13.7. The molecule has 0 amide bonds. The Morgan fingerprint density at radius 3 is 2.63 bits per heavy atom. The fourth-order valence-corrected chi connectivity index (χ4v) is 1.62. The first-order valence-electron chi connectivity index (χ1n) is 5.60. The molecule has 5 heteroatoms. The number of hydrogen-bond acceptors (Lipinski definition) is 3. The fraction of sp³-hybridized carbons (Fsp3) is 0.143. The molecule has 0 atom stereocenters. The van der Waals surface area contributed by atoms with E-state index in [1.54, 1.807) is 6.07 Å². The predicted molar refractivity (Wildman–Crippen MR) is 68.1 cm³/mol. The molecule has 0 bridgehead atoms. The van der Waals surface area contributed by atoms with Gasteiger partial charge in [-0.15, -0.1) is 0 Å². The summed E-state index contributed by atoms with van der Waals surface area (Å²) in [6.07, 6.45) is 0. The standard InChI is InChI=1S/C14H13F2NO2/c1-18-14-7-12(16)9(5-13(14)17)8-19-11-4-2-3-10(15)6-11/h2-7H,8,17H2,1H3. The molecule has 2 N–H and O–H groups in total. The van der Waals surface area contributed by atoms with E-state index in [1.807, 2.05) is 0 Å². The number of methoxy groups -OCH3 is 1. The molecule has 0 fully saturated rings. The van der Waals surface area contributed by atoms with Crippen LogP contribution in [0.1, 0.15) is 5.56 Å². The van der Waals surface area contributed by atoms with Gasteiger partial charge in [-0.2, -0.15) is 0 Å². The average Bonchev–Trinajstić information content (AvgIpc) is 2.39. The molecule has 0 aliphatic heterocycles. The van der Waals surface area contributed by atoms with Crippen molar-refractivity contribution in [3.05, 3.63) is 53.6 Å². The van der Waals surface area contributed by atoms with Crippen LogP contribution in [-0.4, -0.2) is 7.11 Å². The highest BCUT2D eigenvalue weighted by molar-refractivity contribution is 5.54. The van der Waals surface area contributed by atoms with Gasteiger partial charge in [0.1, 0.15) is 29.7 Å². The van der Waals surface area contributed by atoms with Crippen LogP contribution in [-0.2, 0) is 6.61 Å². The van der Waals surface area contributed by atoms with Crippen LogP contribution in [0.2, 0.25) is 0 Å². The Balaban J connectivity index is 2.13. The zero-order chi connectivity index (χ0) is 13.8. The van der Waals surface area contributed by atoms with Gasteiger partial charge in [0.2, 0.25) is 0 Å². The van der Waals surface area contributed by atoms with Crippen molar-refractivity contribution in [2.75, 3.05) is 12.8 Å². The zero-order valence-electron chi connectivity index (χ0n) is 10.3. The number of hydrogen-bond donors (Lipinski definition) is 1. The number of nitrogens with two attached hydrogens (primary N) is 1. The first-order valence-corrected chi connectivity index (χ1v) is 5.60. The quantitative estimate of drug-likeness (QED) is 0.864. The Morgan fingerprint density at radius 1 is 1.16 bits per heavy atom. The van der Waals surface area contributed by atoms with Crippen LogP contribution in [0.3, 0.4) is 0 Å². The van der Waals surface area contributed by atoms with Gasteiger partial charge in [-0.05, 0) is 18.2 Å². The molecule has 0 aliphatic carbocycles. The molecule has 0 spiro atoms. The summed E-state index contributed by atoms with van der Waals surface area (Å²) in [5.41, 5.74) is 6.29. The monoisotopic (exact) mass is 265 g/mol. The van der Waals surface area contributed by atoms with Crippen molar-refractivity contribution in [3.8, 4) is 11.5 Å². The van der Waals surface area contributed by atoms with E-state index >= 15 is 0 Å². The summed E-state index contributed by atoms with van der Waals surface area (Å²) >= 11 is 0. The highest BCUT2D eigenvalue weighted by Gasteiger charge is 2.09. The first-order chi connectivity index (χ1) is 9.10. The van der Waals surface area contributed by atoms with Gasteiger partial charge in [0.25, 0.3) is 0 Å². The number of anilines is 1. The summed E-state index contributed by atoms with van der Waals surface area (Å²) in [7, 11) is 1.41. The minimum Gasteiger partial charge on any atom is -0.494 e. The molecule has 19 heavy (non-hydrogen) atoms. The lowest BCUT2D eigenvalue weighted by atomic mass is 10.2. The molecule has 0 heterocycles. The Kier molecular flexibility index (Phi) is 3.85. The van der Waals surface area contributed by atoms with Gasteiger partial charge in [0.05, 0.1) is 12.8 Å². The van der Waals surface area contributed by atoms with E-state index < -0.39 is 11.6 Å². The van der Waals surface area contributed by atoms with Crippen LogP contribution in [0.25, 0.3) is 0 Å². The number of halogens is 2. The van der Waals surface area contributed by atoms with E-state index in [1.165, 1.54) is 37.4 Å². The predicted octanol–water partition coefficient (Wildman–Crippen LogP) is 3.13. The van der Waals surface area contributed by atoms with Gasteiger partial charge in [-0.3, -0.25) is 0 Å². The maximum Gasteiger partial charge on any atom is 0.144 e. The Hall–Kier alpha value is -2.30. The molecule has 2 aromatic carbocycles. The second-order valence-electron chi connectivity index (χ2n) is 3.93. The van der Waals surface area contributed by atoms with Crippen molar-refractivity contribution >= 4 is 5.69 Å². The Labute approximate surface area is 109 Å². The van der Waals surface area contributed by atoms with Crippen molar-refractivity contribution < 1.29 is 18.3 Å². The van der Waals surface area contributed by atoms with Crippen molar-refractivity contribution in [2.45, 2.75) is 6.61 Å². The molecule has 0 saturated heterocycles. The van der Waals surface area contributed by atoms with Crippen molar-refractivity contribution in [2.24, 2.45) is 0 Å². The number of benzene rings is 2. The lowest BCUT2D eigenvalue weighted by Gasteiger charge is -2.10. The second kappa shape index (κ2) is 5.56. The van der Waals surface area contributed by atoms with E-state index in [2.05, 4.69) is 0 Å². The lowest BCUT2D eigenvalue weighted by Crippen LogP contribution is -2.02. The van der Waals surface area contributed by atoms with E-state index in [4.69, 9.17) is 15.2 Å². The van der Waals surface area contributed by atoms with E-state index in [0.717, 1.165) is 0 Å². The summed E-state index contributed by atoms with van der Waals surface area (Å²) in [6.45, 7) is -0.0382. The van der Waals surface area contributed by atoms with Gasteiger partial charge < -0.3 is 15.2 Å². The molecule has 0 aromatic heterocycles. The third kappa shape index (κ3) is 3.13. The van der Waals surface area contributed by atoms with Gasteiger partial charge >= 0.3 is 0 Å². The molecule has 0 unspecified atom stereocenters. The maximum atomic E-state index is 13.7. The first kappa shape index (κ1) is 13.1. The van der Waals surface area contributed by atoms with Crippen LogP contribution in [0.5, 0.6) is 11.5 Å². The summed E-state index contributed by atoms with van der Waals surface area (Å²) in [5, 5.41) is 0. The molecule has 3 nitrogen and oxygen atoms in total. The molecule has 2 aromatic rings. The molecule has 0 aliphatic rings. The summed E-state index contributed by atoms with van der Waals surface area (Å²) in [6, 6.07) is 8.27. The fourth-order valence-electron chi connectivity index (χ4n) is 1.62. The topological polar surface area (TPSA) is 44.5 Å². The lowest BCUT2D eigenvalue weighted by molar-refractivity contribution is 0.298. The van der Waals surface area contributed by atoms with Gasteiger partial charge in [-0.1, -0.05) is 6.07 Å². The molecular formula is C14H13F2NO2. The minimum atomic E-state index is -0.484. The largest absolute Gasteiger partial charge is 0.494 e. The van der Waals surface area contributed by atoms with Crippen LogP contribution < -0.4 is 15.2 Å². The number of nitrogen functional groups attached to an aromatic ring is 1. The number of rotatable bonds is 4. The minimum absolute atomic E-state index is 0.0382. The average molecular weight is 265 g/mol. The van der Waals surface area contributed by atoms with Gasteiger partial charge in [0, 0.05) is 17.7 Å². The molecular weight excluding hydrogens is 252 g/mol. The number of ether oxygens (including phenoxy) is 2. The van der Waals surface area contributed by atoms with Crippen molar-refractivity contribution in [1.29, 1.82) is 0 Å². The Bertz CT molecular complexity index is 588. The summed E-state index contributed by atoms with van der Waals surface area (Å²) < 4.78 is 36.9. The molecule has 100 valence electrons. The normalized spacial score (nSPS) is 10.3. The summed E-state index contributed by atoms with van der Waals surface area (Å²) in [4.78, 5) is 0. The van der Waals surface area contributed by atoms with E-state index in [9.17, 15) is 8.78 Å². The molecule has 0 saturated carbocycles. The highest BCUT2D eigenvalue weighted by Crippen LogP contribution is 2.25. The SMILES string of the molecule is COc1cc(F)c(COc2cccc(F)c2)cc1N. The summed E-state index contributed by atoms with van der Waals surface area (Å²) in [5.74, 6) is -0.296. The Morgan fingerprint density at radius 2 is 1.95 bits per heavy atom. The molecule has 2 rings (SSSR count). The molecule has 0 radical (unpaired) electrons. The zero-order valence-corrected chi connectivity index (χ0v) is 10.3. The van der Waals surface area contributed by atoms with Crippen LogP contribution >= 0.6 is 0 Å². The van der Waals surface area contributed by atoms with Crippen LogP contribution in [0.15, 0.2) is 36.4 Å². The van der Waals surface area contributed by atoms with Crippen LogP contribution in [0, 0.1) is 11.6 Å². The van der Waals surface area contributed by atoms with Crippen molar-refractivity contribution in [3.63, 3.8) is 0 Å². The van der Waals surface area contributed by atoms with Gasteiger partial charge in [-0.25, -0.2) is 8.78 Å². The second-order valence-corrected chi connectivity index (χ2v) is 3.93. The van der Waals surface area contributed by atoms with Crippen molar-refractivity contribution in [1.82, 2.24) is 0 Å². The van der Waals surface area contributed by atoms with E-state index in [-0.39, 0.29) is 17.9 Å². The van der Waals surface area contributed by atoms with Crippen LogP contribution in [0.4, 0.5) is 14.5 Å². The highest BCUT2D eigenvalue weighted by atomic mass is 19.1. The smallest absolute Gasteiger partial charge is 0.144 e. The third-order valence-corrected chi connectivity index (χ3v) is 2.59. The van der Waals surface area contributed by atoms with E-state index in [0.29, 0.717) is 11.4 Å².